The number of fused-ring (bicyclic) bond motifs is 1. The number of nitro groups is 1. The van der Waals surface area contributed by atoms with E-state index in [2.05, 4.69) is 15.2 Å². The minimum atomic E-state index is -3.75. The van der Waals surface area contributed by atoms with Gasteiger partial charge in [0.15, 0.2) is 17.0 Å². The van der Waals surface area contributed by atoms with Crippen LogP contribution in [-0.4, -0.2) is 68.4 Å². The van der Waals surface area contributed by atoms with E-state index in [1.54, 1.807) is 0 Å². The van der Waals surface area contributed by atoms with Gasteiger partial charge in [-0.1, -0.05) is 19.3 Å². The molecule has 3 fully saturated rings. The lowest BCUT2D eigenvalue weighted by atomic mass is 9.92. The van der Waals surface area contributed by atoms with Gasteiger partial charge in [0.05, 0.1) is 16.1 Å². The molecule has 1 saturated heterocycles. The van der Waals surface area contributed by atoms with E-state index in [9.17, 15) is 18.5 Å². The van der Waals surface area contributed by atoms with E-state index >= 15 is 0 Å². The average Bonchev–Trinajstić information content (AvgIpc) is 3.43. The van der Waals surface area contributed by atoms with Crippen LogP contribution in [0.5, 0.6) is 0 Å². The molecule has 4 N–H and O–H groups in total. The highest BCUT2D eigenvalue weighted by Gasteiger charge is 2.31. The number of piperidine rings is 1. The zero-order valence-corrected chi connectivity index (χ0v) is 24.5. The molecule has 13 nitrogen and oxygen atoms in total. The summed E-state index contributed by atoms with van der Waals surface area (Å²) in [5.41, 5.74) is 7.54. The second-order valence-electron chi connectivity index (χ2n) is 11.8. The van der Waals surface area contributed by atoms with Gasteiger partial charge in [0, 0.05) is 49.4 Å². The predicted molar refractivity (Wildman–Crippen MR) is 160 cm³/mol. The SMILES string of the molecule is NC1CCC(Nc2nc(NC3CCN(S(=O)(=O)c4ccc([N+](=O)[O-])cc4)CC3)c3ncn(C4CCCCC4)c3n2)CC1. The molecule has 0 unspecified atom stereocenters. The van der Waals surface area contributed by atoms with Crippen LogP contribution in [0.3, 0.4) is 0 Å². The Morgan fingerprint density at radius 1 is 0.881 bits per heavy atom. The third-order valence-corrected chi connectivity index (χ3v) is 10.9. The number of nitro benzene ring substituents is 1. The van der Waals surface area contributed by atoms with Crippen molar-refractivity contribution in [1.29, 1.82) is 0 Å². The van der Waals surface area contributed by atoms with Gasteiger partial charge in [-0.3, -0.25) is 10.1 Å². The smallest absolute Gasteiger partial charge is 0.269 e. The van der Waals surface area contributed by atoms with Crippen LogP contribution in [0, 0.1) is 10.1 Å². The molecule has 3 aromatic rings. The Balaban J connectivity index is 1.19. The minimum Gasteiger partial charge on any atom is -0.365 e. The van der Waals surface area contributed by atoms with E-state index in [4.69, 9.17) is 20.7 Å². The van der Waals surface area contributed by atoms with E-state index in [0.29, 0.717) is 43.7 Å². The van der Waals surface area contributed by atoms with E-state index in [-0.39, 0.29) is 28.7 Å². The van der Waals surface area contributed by atoms with Gasteiger partial charge in [0.2, 0.25) is 16.0 Å². The molecule has 0 radical (unpaired) electrons. The number of hydrogen-bond donors (Lipinski definition) is 3. The number of sulfonamides is 1. The maximum Gasteiger partial charge on any atom is 0.269 e. The third kappa shape index (κ3) is 6.06. The molecule has 1 aliphatic heterocycles. The molecule has 3 aliphatic rings. The minimum absolute atomic E-state index is 0.00627. The first-order chi connectivity index (χ1) is 20.3. The van der Waals surface area contributed by atoms with Gasteiger partial charge in [0.1, 0.15) is 0 Å². The van der Waals surface area contributed by atoms with Crippen molar-refractivity contribution in [3.8, 4) is 0 Å². The molecule has 0 bridgehead atoms. The highest BCUT2D eigenvalue weighted by molar-refractivity contribution is 7.89. The van der Waals surface area contributed by atoms with Gasteiger partial charge in [-0.05, 0) is 63.5 Å². The molecule has 6 rings (SSSR count). The molecule has 2 aromatic heterocycles. The Kier molecular flexibility index (Phi) is 8.28. The van der Waals surface area contributed by atoms with Crippen LogP contribution in [0.4, 0.5) is 17.5 Å². The van der Waals surface area contributed by atoms with Crippen LogP contribution in [0.1, 0.15) is 76.7 Å². The van der Waals surface area contributed by atoms with E-state index < -0.39 is 14.9 Å². The lowest BCUT2D eigenvalue weighted by molar-refractivity contribution is -0.384. The van der Waals surface area contributed by atoms with Gasteiger partial charge in [-0.15, -0.1) is 0 Å². The monoisotopic (exact) mass is 597 g/mol. The van der Waals surface area contributed by atoms with Gasteiger partial charge in [-0.2, -0.15) is 14.3 Å². The lowest BCUT2D eigenvalue weighted by Gasteiger charge is -2.32. The summed E-state index contributed by atoms with van der Waals surface area (Å²) in [4.78, 5) is 25.1. The second-order valence-corrected chi connectivity index (χ2v) is 13.8. The summed E-state index contributed by atoms with van der Waals surface area (Å²) in [5.74, 6) is 1.25. The number of imidazole rings is 1. The fourth-order valence-corrected chi connectivity index (χ4v) is 7.95. The molecule has 226 valence electrons. The van der Waals surface area contributed by atoms with E-state index in [1.165, 1.54) is 47.8 Å². The van der Waals surface area contributed by atoms with Gasteiger partial charge < -0.3 is 20.9 Å². The molecule has 0 amide bonds. The van der Waals surface area contributed by atoms with Crippen molar-refractivity contribution in [3.05, 3.63) is 40.7 Å². The molecular weight excluding hydrogens is 558 g/mol. The van der Waals surface area contributed by atoms with Crippen LogP contribution in [0.15, 0.2) is 35.5 Å². The summed E-state index contributed by atoms with van der Waals surface area (Å²) in [6.07, 6.45) is 12.9. The summed E-state index contributed by atoms with van der Waals surface area (Å²) < 4.78 is 30.1. The number of nitrogens with one attached hydrogen (secondary N) is 2. The van der Waals surface area contributed by atoms with Crippen molar-refractivity contribution < 1.29 is 13.3 Å². The highest BCUT2D eigenvalue weighted by atomic mass is 32.2. The third-order valence-electron chi connectivity index (χ3n) is 8.97. The Labute approximate surface area is 245 Å². The van der Waals surface area contributed by atoms with Gasteiger partial charge in [-0.25, -0.2) is 13.4 Å². The number of nitrogens with zero attached hydrogens (tertiary/aromatic N) is 6. The zero-order valence-electron chi connectivity index (χ0n) is 23.7. The molecule has 0 atom stereocenters. The Hall–Kier alpha value is -3.36. The van der Waals surface area contributed by atoms with Gasteiger partial charge in [0.25, 0.3) is 5.69 Å². The number of non-ortho nitro benzene ring substituents is 1. The fraction of sp³-hybridized carbons (Fsp3) is 0.607. The molecule has 3 heterocycles. The molecular formula is C28H39N9O4S. The van der Waals surface area contributed by atoms with Crippen molar-refractivity contribution in [2.75, 3.05) is 23.7 Å². The molecule has 0 spiro atoms. The van der Waals surface area contributed by atoms with Crippen LogP contribution >= 0.6 is 0 Å². The van der Waals surface area contributed by atoms with Crippen LogP contribution < -0.4 is 16.4 Å². The van der Waals surface area contributed by atoms with Crippen LogP contribution in [-0.2, 0) is 10.0 Å². The van der Waals surface area contributed by atoms with Crippen LogP contribution in [0.25, 0.3) is 11.2 Å². The maximum atomic E-state index is 13.2. The van der Waals surface area contributed by atoms with Crippen LogP contribution in [0.2, 0.25) is 0 Å². The number of anilines is 2. The van der Waals surface area contributed by atoms with E-state index in [1.807, 2.05) is 6.33 Å². The zero-order chi connectivity index (χ0) is 29.3. The second kappa shape index (κ2) is 12.1. The fourth-order valence-electron chi connectivity index (χ4n) is 6.48. The Morgan fingerprint density at radius 2 is 1.55 bits per heavy atom. The van der Waals surface area contributed by atoms with Crippen molar-refractivity contribution in [1.82, 2.24) is 23.8 Å². The summed E-state index contributed by atoms with van der Waals surface area (Å²) in [6, 6.07) is 5.95. The first-order valence-electron chi connectivity index (χ1n) is 15.1. The number of benzene rings is 1. The van der Waals surface area contributed by atoms with Gasteiger partial charge >= 0.3 is 0 Å². The van der Waals surface area contributed by atoms with Crippen molar-refractivity contribution in [2.24, 2.45) is 5.73 Å². The average molecular weight is 598 g/mol. The van der Waals surface area contributed by atoms with E-state index in [0.717, 1.165) is 49.7 Å². The normalized spacial score (nSPS) is 23.2. The molecule has 42 heavy (non-hydrogen) atoms. The summed E-state index contributed by atoms with van der Waals surface area (Å²) >= 11 is 0. The molecule has 14 heteroatoms. The number of aromatic nitrogens is 4. The molecule has 2 aliphatic carbocycles. The standard InChI is InChI=1S/C28H39N9O4S/c29-19-6-8-20(9-7-19)32-28-33-26(25-27(34-28)36(18-30-25)22-4-2-1-3-5-22)31-21-14-16-35(17-15-21)42(40,41)24-12-10-23(11-13-24)37(38)39/h10-13,18-22H,1-9,14-17,29H2,(H2,31,32,33,34). The molecule has 2 saturated carbocycles. The topological polar surface area (TPSA) is 174 Å². The molecule has 1 aromatic carbocycles. The Morgan fingerprint density at radius 3 is 2.21 bits per heavy atom. The quantitative estimate of drug-likeness (QED) is 0.252. The number of nitrogens with two attached hydrogens (primary N) is 1. The maximum absolute atomic E-state index is 13.2. The van der Waals surface area contributed by atoms with Crippen molar-refractivity contribution in [2.45, 2.75) is 99.7 Å². The first kappa shape index (κ1) is 28.7. The predicted octanol–water partition coefficient (Wildman–Crippen LogP) is 4.19. The lowest BCUT2D eigenvalue weighted by Crippen LogP contribution is -2.42. The first-order valence-corrected chi connectivity index (χ1v) is 16.5. The highest BCUT2D eigenvalue weighted by Crippen LogP contribution is 2.33. The number of rotatable bonds is 8. The summed E-state index contributed by atoms with van der Waals surface area (Å²) in [5, 5.41) is 18.1. The summed E-state index contributed by atoms with van der Waals surface area (Å²) in [7, 11) is -3.75. The largest absolute Gasteiger partial charge is 0.365 e. The summed E-state index contributed by atoms with van der Waals surface area (Å²) in [6.45, 7) is 0.657. The Bertz CT molecular complexity index is 1510. The number of hydrogen-bond acceptors (Lipinski definition) is 10. The van der Waals surface area contributed by atoms with Crippen molar-refractivity contribution in [3.63, 3.8) is 0 Å². The van der Waals surface area contributed by atoms with Crippen molar-refractivity contribution >= 4 is 38.6 Å².